The molecule has 236 valence electrons. The monoisotopic (exact) mass is 684 g/mol. The van der Waals surface area contributed by atoms with Crippen molar-refractivity contribution in [3.63, 3.8) is 0 Å². The van der Waals surface area contributed by atoms with Gasteiger partial charge in [0.05, 0.1) is 19.6 Å². The molecule has 0 spiro atoms. The minimum Gasteiger partial charge on any atom is -0.236 e. The van der Waals surface area contributed by atoms with Crippen LogP contribution in [0.3, 0.4) is 0 Å². The van der Waals surface area contributed by atoms with Crippen LogP contribution >= 0.6 is 0 Å². The summed E-state index contributed by atoms with van der Waals surface area (Å²) < 4.78 is 113. The number of benzene rings is 4. The van der Waals surface area contributed by atoms with E-state index in [1.165, 1.54) is 72.8 Å². The van der Waals surface area contributed by atoms with E-state index >= 15 is 0 Å². The molecule has 16 heteroatoms. The van der Waals surface area contributed by atoms with E-state index in [0.29, 0.717) is 0 Å². The van der Waals surface area contributed by atoms with Crippen molar-refractivity contribution in [2.24, 2.45) is 0 Å². The largest absolute Gasteiger partial charge is 0.299 e. The van der Waals surface area contributed by atoms with Crippen molar-refractivity contribution >= 4 is 40.5 Å². The molecule has 4 aromatic carbocycles. The molecule has 4 aromatic rings. The summed E-state index contributed by atoms with van der Waals surface area (Å²) in [5.41, 5.74) is 1.78. The Balaban J connectivity index is 0.000000241. The van der Waals surface area contributed by atoms with Crippen molar-refractivity contribution in [1.29, 1.82) is 0 Å². The van der Waals surface area contributed by atoms with E-state index in [9.17, 15) is 33.7 Å². The molecule has 4 rings (SSSR count). The average Bonchev–Trinajstić information content (AvgIpc) is 2.98. The molecule has 0 aliphatic heterocycles. The lowest BCUT2D eigenvalue weighted by molar-refractivity contribution is 0.131. The first-order valence-electron chi connectivity index (χ1n) is 12.4. The zero-order chi connectivity index (χ0) is 32.4. The summed E-state index contributed by atoms with van der Waals surface area (Å²) in [5, 5.41) is 0. The Bertz CT molecular complexity index is 1800. The Morgan fingerprint density at radius 2 is 0.591 bits per heavy atom. The fourth-order valence-corrected chi connectivity index (χ4v) is 6.43. The molecule has 0 aliphatic carbocycles. The Morgan fingerprint density at radius 3 is 0.841 bits per heavy atom. The van der Waals surface area contributed by atoms with Crippen molar-refractivity contribution < 1.29 is 50.4 Å². The maximum atomic E-state index is 11.9. The second-order valence-corrected chi connectivity index (χ2v) is 15.2. The maximum absolute atomic E-state index is 11.9. The third-order valence-corrected chi connectivity index (χ3v) is 10.5. The van der Waals surface area contributed by atoms with Crippen LogP contribution < -0.4 is 0 Å². The molecule has 44 heavy (non-hydrogen) atoms. The molecule has 0 atom stereocenters. The van der Waals surface area contributed by atoms with Crippen molar-refractivity contribution in [2.75, 3.05) is 13.6 Å². The molecule has 0 saturated carbocycles. The van der Waals surface area contributed by atoms with E-state index in [-0.39, 0.29) is 19.6 Å². The third kappa shape index (κ3) is 10.3. The molecule has 0 unspecified atom stereocenters. The molecule has 0 heterocycles. The molecular weight excluding hydrogens is 657 g/mol. The van der Waals surface area contributed by atoms with Crippen LogP contribution in [0.2, 0.25) is 0 Å². The van der Waals surface area contributed by atoms with Crippen molar-refractivity contribution in [3.8, 4) is 0 Å². The van der Waals surface area contributed by atoms with Gasteiger partial charge in [0.15, 0.2) is 13.6 Å². The van der Waals surface area contributed by atoms with Gasteiger partial charge in [0.2, 0.25) is 0 Å². The number of rotatable bonds is 12. The highest BCUT2D eigenvalue weighted by molar-refractivity contribution is 7.88. The smallest absolute Gasteiger partial charge is 0.236 e. The lowest BCUT2D eigenvalue weighted by Crippen LogP contribution is -2.14. The molecule has 12 nitrogen and oxygen atoms in total. The van der Waals surface area contributed by atoms with Gasteiger partial charge in [0, 0.05) is 0 Å². The quantitative estimate of drug-likeness (QED) is 0.154. The van der Waals surface area contributed by atoms with E-state index in [2.05, 4.69) is 16.7 Å². The zero-order valence-corrected chi connectivity index (χ0v) is 26.6. The van der Waals surface area contributed by atoms with Crippen LogP contribution in [0, 0.1) is 13.8 Å². The summed E-state index contributed by atoms with van der Waals surface area (Å²) in [6.45, 7) is 1.78. The topological polar surface area (TPSA) is 173 Å². The standard InChI is InChI=1S/C15H16O6S2.C13H12O6S2/c1-12-3-7-14(8-4-12)22(16,17)20-11-21-23(18,19)15-9-5-13(2)6-10-15;14-20(15,12-7-3-1-4-8-12)18-11-19-21(16,17)13-9-5-2-6-10-13/h3-10H,11H2,1-2H3;1-10H,11H2. The Kier molecular flexibility index (Phi) is 11.9. The Hall–Kier alpha value is -3.48. The van der Waals surface area contributed by atoms with Gasteiger partial charge < -0.3 is 0 Å². The highest BCUT2D eigenvalue weighted by atomic mass is 32.2. The van der Waals surface area contributed by atoms with Crippen LogP contribution in [0.5, 0.6) is 0 Å². The van der Waals surface area contributed by atoms with E-state index < -0.39 is 54.1 Å². The van der Waals surface area contributed by atoms with Gasteiger partial charge in [-0.25, -0.2) is 16.7 Å². The second-order valence-electron chi connectivity index (χ2n) is 8.78. The van der Waals surface area contributed by atoms with E-state index in [0.717, 1.165) is 11.1 Å². The first kappa shape index (κ1) is 35.0. The highest BCUT2D eigenvalue weighted by Crippen LogP contribution is 2.17. The van der Waals surface area contributed by atoms with Crippen LogP contribution in [-0.2, 0) is 57.2 Å². The Labute approximate surface area is 257 Å². The number of hydrogen-bond acceptors (Lipinski definition) is 12. The lowest BCUT2D eigenvalue weighted by atomic mass is 10.2. The summed E-state index contributed by atoms with van der Waals surface area (Å²) >= 11 is 0. The van der Waals surface area contributed by atoms with Gasteiger partial charge in [-0.3, -0.25) is 0 Å². The van der Waals surface area contributed by atoms with Gasteiger partial charge in [-0.1, -0.05) is 71.8 Å². The third-order valence-electron chi connectivity index (χ3n) is 5.50. The fraction of sp³-hybridized carbons (Fsp3) is 0.143. The molecular formula is C28H28O12S4. The van der Waals surface area contributed by atoms with E-state index in [1.54, 1.807) is 36.4 Å². The molecule has 0 saturated heterocycles. The van der Waals surface area contributed by atoms with Gasteiger partial charge >= 0.3 is 0 Å². The summed E-state index contributed by atoms with van der Waals surface area (Å²) in [6, 6.07) is 26.7. The van der Waals surface area contributed by atoms with Gasteiger partial charge in [0.25, 0.3) is 40.5 Å². The van der Waals surface area contributed by atoms with Crippen molar-refractivity contribution in [1.82, 2.24) is 0 Å². The predicted molar refractivity (Wildman–Crippen MR) is 158 cm³/mol. The molecule has 0 aromatic heterocycles. The maximum Gasteiger partial charge on any atom is 0.299 e. The summed E-state index contributed by atoms with van der Waals surface area (Å²) in [5.74, 6) is 0. The molecule has 0 aliphatic rings. The summed E-state index contributed by atoms with van der Waals surface area (Å²) in [6.07, 6.45) is 0. The normalized spacial score (nSPS) is 12.2. The summed E-state index contributed by atoms with van der Waals surface area (Å²) in [4.78, 5) is -0.296. The first-order valence-corrected chi connectivity index (χ1v) is 18.1. The van der Waals surface area contributed by atoms with E-state index in [1.807, 2.05) is 13.8 Å². The molecule has 0 radical (unpaired) electrons. The van der Waals surface area contributed by atoms with Crippen LogP contribution in [0.4, 0.5) is 0 Å². The summed E-state index contributed by atoms with van der Waals surface area (Å²) in [7, 11) is -16.3. The second kappa shape index (κ2) is 15.0. The minimum atomic E-state index is -4.08. The minimum absolute atomic E-state index is 0.0700. The molecule has 0 bridgehead atoms. The first-order chi connectivity index (χ1) is 20.6. The van der Waals surface area contributed by atoms with Crippen LogP contribution in [-0.4, -0.2) is 47.3 Å². The molecule has 0 N–H and O–H groups in total. The van der Waals surface area contributed by atoms with Gasteiger partial charge in [0.1, 0.15) is 0 Å². The van der Waals surface area contributed by atoms with Crippen LogP contribution in [0.1, 0.15) is 11.1 Å². The lowest BCUT2D eigenvalue weighted by Gasteiger charge is -2.07. The van der Waals surface area contributed by atoms with Crippen molar-refractivity contribution in [2.45, 2.75) is 33.4 Å². The van der Waals surface area contributed by atoms with Gasteiger partial charge in [-0.15, -0.1) is 0 Å². The van der Waals surface area contributed by atoms with Gasteiger partial charge in [-0.05, 0) is 62.4 Å². The number of hydrogen-bond donors (Lipinski definition) is 0. The molecule has 0 amide bonds. The van der Waals surface area contributed by atoms with Gasteiger partial charge in [-0.2, -0.15) is 33.7 Å². The zero-order valence-electron chi connectivity index (χ0n) is 23.3. The fourth-order valence-electron chi connectivity index (χ4n) is 3.15. The average molecular weight is 685 g/mol. The van der Waals surface area contributed by atoms with Crippen molar-refractivity contribution in [3.05, 3.63) is 120 Å². The highest BCUT2D eigenvalue weighted by Gasteiger charge is 2.20. The van der Waals surface area contributed by atoms with E-state index in [4.69, 9.17) is 0 Å². The Morgan fingerprint density at radius 1 is 0.364 bits per heavy atom. The number of aryl methyl sites for hydroxylation is 2. The SMILES string of the molecule is Cc1ccc(S(=O)(=O)OCOS(=O)(=O)c2ccc(C)cc2)cc1.O=S(=O)(OCOS(=O)(=O)c1ccccc1)c1ccccc1. The predicted octanol–water partition coefficient (Wildman–Crippen LogP) is 4.13. The van der Waals surface area contributed by atoms with Crippen LogP contribution in [0.15, 0.2) is 129 Å². The van der Waals surface area contributed by atoms with Crippen LogP contribution in [0.25, 0.3) is 0 Å². The molecule has 0 fully saturated rings.